The zero-order chi connectivity index (χ0) is 31.9. The van der Waals surface area contributed by atoms with Crippen molar-refractivity contribution in [3.05, 3.63) is 77.9 Å². The molecular formula is C35H37F2NO6S. The zero-order valence-electron chi connectivity index (χ0n) is 25.3. The molecular weight excluding hydrogens is 600 g/mol. The Morgan fingerprint density at radius 1 is 1.11 bits per heavy atom. The molecule has 7 nitrogen and oxygen atoms in total. The van der Waals surface area contributed by atoms with Crippen molar-refractivity contribution in [1.82, 2.24) is 0 Å². The number of ether oxygens (including phenoxy) is 2. The molecule has 10 atom stereocenters. The summed E-state index contributed by atoms with van der Waals surface area (Å²) in [6.45, 7) is 2.50. The molecule has 0 radical (unpaired) electrons. The lowest BCUT2D eigenvalue weighted by Crippen LogP contribution is -2.70. The second kappa shape index (κ2) is 10.6. The quantitative estimate of drug-likeness (QED) is 0.381. The number of aliphatic hydroxyl groups excluding tert-OH is 2. The van der Waals surface area contributed by atoms with E-state index in [1.165, 1.54) is 12.2 Å². The number of carbonyl (C=O) groups is 2. The summed E-state index contributed by atoms with van der Waals surface area (Å²) in [5, 5.41) is 25.0. The second-order valence-corrected chi connectivity index (χ2v) is 14.6. The van der Waals surface area contributed by atoms with Crippen LogP contribution in [0, 0.1) is 22.7 Å². The first-order chi connectivity index (χ1) is 21.4. The Morgan fingerprint density at radius 2 is 1.87 bits per heavy atom. The Bertz CT molecular complexity index is 1620. The summed E-state index contributed by atoms with van der Waals surface area (Å²) in [6, 6.07) is 15.7. The van der Waals surface area contributed by atoms with Gasteiger partial charge in [0.05, 0.1) is 12.2 Å². The molecule has 0 unspecified atom stereocenters. The maximum Gasteiger partial charge on any atom is 0.193 e. The van der Waals surface area contributed by atoms with E-state index in [1.54, 1.807) is 25.6 Å². The van der Waals surface area contributed by atoms with Gasteiger partial charge in [0.15, 0.2) is 29.1 Å². The molecule has 10 heteroatoms. The molecule has 7 rings (SSSR count). The van der Waals surface area contributed by atoms with Crippen molar-refractivity contribution < 1.29 is 38.1 Å². The maximum atomic E-state index is 17.6. The minimum atomic E-state index is -2.29. The summed E-state index contributed by atoms with van der Waals surface area (Å²) in [4.78, 5) is 27.9. The Kier molecular flexibility index (Phi) is 7.22. The Morgan fingerprint density at radius 3 is 2.58 bits per heavy atom. The van der Waals surface area contributed by atoms with E-state index in [0.717, 1.165) is 21.6 Å². The van der Waals surface area contributed by atoms with Crippen molar-refractivity contribution >= 4 is 29.0 Å². The van der Waals surface area contributed by atoms with Gasteiger partial charge in [-0.25, -0.2) is 8.78 Å². The van der Waals surface area contributed by atoms with Crippen LogP contribution in [-0.4, -0.2) is 65.1 Å². The predicted molar refractivity (Wildman–Crippen MR) is 164 cm³/mol. The second-order valence-electron chi connectivity index (χ2n) is 13.4. The lowest BCUT2D eigenvalue weighted by Gasteiger charge is -2.63. The number of nitrogens with one attached hydrogen (secondary N) is 1. The van der Waals surface area contributed by atoms with Gasteiger partial charge in [-0.05, 0) is 80.2 Å². The highest BCUT2D eigenvalue weighted by molar-refractivity contribution is 7.99. The van der Waals surface area contributed by atoms with Crippen LogP contribution in [0.2, 0.25) is 0 Å². The molecule has 1 saturated heterocycles. The fraction of sp³-hybridized carbons (Fsp3) is 0.486. The van der Waals surface area contributed by atoms with Gasteiger partial charge >= 0.3 is 0 Å². The van der Waals surface area contributed by atoms with Gasteiger partial charge in [-0.3, -0.25) is 9.59 Å². The smallest absolute Gasteiger partial charge is 0.193 e. The standard InChI is InChI=1S/C35H37F2NO6S/c1-32-12-11-21(40)14-26(32)27(36)15-25-24-16-30-35(29(42)18-39,33(24,2)17-28(41)34(25,32)37)44-31(43-30)19-7-9-22(10-8-19)45-23-6-4-5-20(13-23)38-3/h4-14,24-25,27-28,30-31,38-39,41H,15-18H2,1-3H3/t24-,25-,27-,28-,30+,31-,32-,33-,34-,35+/m0/s1. The average molecular weight is 638 g/mol. The fourth-order valence-corrected chi connectivity index (χ4v) is 10.1. The molecule has 5 aliphatic rings. The van der Waals surface area contributed by atoms with Crippen LogP contribution in [0.3, 0.4) is 0 Å². The monoisotopic (exact) mass is 637 g/mol. The van der Waals surface area contributed by atoms with Crippen molar-refractivity contribution in [2.24, 2.45) is 22.7 Å². The van der Waals surface area contributed by atoms with E-state index in [0.29, 0.717) is 5.56 Å². The summed E-state index contributed by atoms with van der Waals surface area (Å²) >= 11 is 1.60. The average Bonchev–Trinajstić information content (AvgIpc) is 3.53. The fourth-order valence-electron chi connectivity index (χ4n) is 9.26. The minimum Gasteiger partial charge on any atom is -0.390 e. The molecule has 45 heavy (non-hydrogen) atoms. The van der Waals surface area contributed by atoms with Gasteiger partial charge in [0, 0.05) is 44.8 Å². The van der Waals surface area contributed by atoms with E-state index in [2.05, 4.69) is 5.32 Å². The molecule has 0 amide bonds. The van der Waals surface area contributed by atoms with Crippen LogP contribution < -0.4 is 5.32 Å². The predicted octanol–water partition coefficient (Wildman–Crippen LogP) is 5.52. The number of Topliss-reactive ketones (excluding diaryl/α,β-unsaturated/α-hetero) is 1. The van der Waals surface area contributed by atoms with Crippen molar-refractivity contribution in [2.75, 3.05) is 19.0 Å². The molecule has 1 aliphatic heterocycles. The number of aliphatic hydroxyl groups is 2. The molecule has 1 heterocycles. The van der Waals surface area contributed by atoms with Gasteiger partial charge in [0.1, 0.15) is 12.8 Å². The maximum absolute atomic E-state index is 17.6. The van der Waals surface area contributed by atoms with E-state index >= 15 is 8.78 Å². The molecule has 0 spiro atoms. The highest BCUT2D eigenvalue weighted by Gasteiger charge is 2.80. The summed E-state index contributed by atoms with van der Waals surface area (Å²) < 4.78 is 46.4. The van der Waals surface area contributed by atoms with E-state index < -0.39 is 76.8 Å². The van der Waals surface area contributed by atoms with E-state index in [4.69, 9.17) is 9.47 Å². The molecule has 0 aromatic heterocycles. The van der Waals surface area contributed by atoms with Crippen molar-refractivity contribution in [3.63, 3.8) is 0 Å². The van der Waals surface area contributed by atoms with Gasteiger partial charge in [-0.1, -0.05) is 43.0 Å². The number of benzene rings is 2. The summed E-state index contributed by atoms with van der Waals surface area (Å²) in [5.74, 6) is -2.59. The number of carbonyl (C=O) groups excluding carboxylic acids is 2. The van der Waals surface area contributed by atoms with Crippen LogP contribution in [0.15, 0.2) is 82.1 Å². The van der Waals surface area contributed by atoms with Gasteiger partial charge in [0.2, 0.25) is 0 Å². The van der Waals surface area contributed by atoms with E-state index in [-0.39, 0.29) is 24.8 Å². The third-order valence-corrected chi connectivity index (χ3v) is 12.4. The first-order valence-corrected chi connectivity index (χ1v) is 16.2. The summed E-state index contributed by atoms with van der Waals surface area (Å²) in [5.41, 5.74) is -4.92. The number of anilines is 1. The number of fused-ring (bicyclic) bond motifs is 7. The van der Waals surface area contributed by atoms with Crippen LogP contribution in [0.4, 0.5) is 14.5 Å². The first-order valence-electron chi connectivity index (χ1n) is 15.4. The highest BCUT2D eigenvalue weighted by atomic mass is 32.2. The van der Waals surface area contributed by atoms with Crippen molar-refractivity contribution in [1.29, 1.82) is 0 Å². The Hall–Kier alpha value is -2.89. The van der Waals surface area contributed by atoms with Crippen LogP contribution in [0.1, 0.15) is 45.0 Å². The van der Waals surface area contributed by atoms with Crippen LogP contribution in [-0.2, 0) is 19.1 Å². The number of allylic oxidation sites excluding steroid dienone is 4. The number of alkyl halides is 2. The minimum absolute atomic E-state index is 0.0413. The van der Waals surface area contributed by atoms with Gasteiger partial charge in [-0.15, -0.1) is 0 Å². The van der Waals surface area contributed by atoms with Crippen LogP contribution >= 0.6 is 11.8 Å². The molecule has 2 aromatic rings. The van der Waals surface area contributed by atoms with Crippen LogP contribution in [0.25, 0.3) is 0 Å². The number of rotatable bonds is 6. The van der Waals surface area contributed by atoms with Crippen molar-refractivity contribution in [2.45, 2.75) is 78.8 Å². The summed E-state index contributed by atoms with van der Waals surface area (Å²) in [6.07, 6.45) is -1.37. The third kappa shape index (κ3) is 4.15. The van der Waals surface area contributed by atoms with Gasteiger partial charge < -0.3 is 25.0 Å². The Balaban J connectivity index is 1.20. The lowest BCUT2D eigenvalue weighted by molar-refractivity contribution is -0.235. The van der Waals surface area contributed by atoms with E-state index in [9.17, 15) is 19.8 Å². The van der Waals surface area contributed by atoms with Crippen LogP contribution in [0.5, 0.6) is 0 Å². The van der Waals surface area contributed by atoms with E-state index in [1.807, 2.05) is 55.6 Å². The Labute approximate surface area is 265 Å². The molecule has 4 aliphatic carbocycles. The SMILES string of the molecule is CNc1cccc(Sc2ccc([C@H]3O[C@@H]4C[C@H]5[C@@H]6C[C@H](F)C7=CC(=O)C=C[C@]7(C)[C@@]6(F)[C@@H](O)C[C@]5(C)[C@]4(C(=O)CO)O3)cc2)c1. The topological polar surface area (TPSA) is 105 Å². The largest absolute Gasteiger partial charge is 0.390 e. The lowest BCUT2D eigenvalue weighted by atomic mass is 9.44. The molecule has 238 valence electrons. The molecule has 4 fully saturated rings. The number of ketones is 2. The highest BCUT2D eigenvalue weighted by Crippen LogP contribution is 2.72. The van der Waals surface area contributed by atoms with Crippen molar-refractivity contribution in [3.8, 4) is 0 Å². The number of hydrogen-bond donors (Lipinski definition) is 3. The summed E-state index contributed by atoms with van der Waals surface area (Å²) in [7, 11) is 1.87. The zero-order valence-corrected chi connectivity index (χ0v) is 26.2. The first kappa shape index (κ1) is 30.7. The number of hydrogen-bond acceptors (Lipinski definition) is 8. The third-order valence-electron chi connectivity index (χ3n) is 11.4. The molecule has 3 N–H and O–H groups in total. The molecule has 3 saturated carbocycles. The molecule has 0 bridgehead atoms. The van der Waals surface area contributed by atoms with Gasteiger partial charge in [-0.2, -0.15) is 0 Å². The molecule has 2 aromatic carbocycles. The number of halogens is 2. The normalized spacial score (nSPS) is 41.5. The van der Waals surface area contributed by atoms with Gasteiger partial charge in [0.25, 0.3) is 0 Å².